The molecule has 80 heavy (non-hydrogen) atoms. The highest BCUT2D eigenvalue weighted by Gasteiger charge is 2.43. The Morgan fingerprint density at radius 2 is 1.12 bits per heavy atom. The molecule has 0 radical (unpaired) electrons. The Morgan fingerprint density at radius 3 is 1.64 bits per heavy atom. The van der Waals surface area contributed by atoms with Crippen LogP contribution in [0.1, 0.15) is 95.9 Å². The van der Waals surface area contributed by atoms with Crippen LogP contribution in [0.25, 0.3) is 0 Å². The number of aromatic hydroxyl groups is 2. The van der Waals surface area contributed by atoms with Crippen LogP contribution in [-0.4, -0.2) is 173 Å². The topological polar surface area (TPSA) is 411 Å². The maximum atomic E-state index is 14.5. The van der Waals surface area contributed by atoms with Crippen molar-refractivity contribution in [3.8, 4) is 11.5 Å². The summed E-state index contributed by atoms with van der Waals surface area (Å²) in [5.41, 5.74) is 13.4. The minimum Gasteiger partial charge on any atom is -0.508 e. The van der Waals surface area contributed by atoms with Crippen molar-refractivity contribution in [1.29, 1.82) is 0 Å². The van der Waals surface area contributed by atoms with Crippen LogP contribution in [0.5, 0.6) is 11.5 Å². The van der Waals surface area contributed by atoms with E-state index in [2.05, 4.69) is 41.9 Å². The zero-order chi connectivity index (χ0) is 58.8. The molecule has 0 unspecified atom stereocenters. The summed E-state index contributed by atoms with van der Waals surface area (Å²) in [7, 11) is 0. The Labute approximate surface area is 462 Å². The third kappa shape index (κ3) is 18.0. The number of phenols is 2. The first-order chi connectivity index (χ1) is 38.0. The molecule has 0 aliphatic carbocycles. The number of likely N-dealkylation sites (tertiary alicyclic amines) is 2. The first-order valence-electron chi connectivity index (χ1n) is 26.8. The fraction of sp³-hybridized carbons (Fsp3) is 0.537. The maximum Gasteiger partial charge on any atom is 0.326 e. The standard InChI is InChI=1S/C54H76N12O14/c1-29(2)44(51(76)59-37(54(79)80)9-5-6-20-55)63-47(72)38(24-32-14-18-35(68)19-15-32)60-50(75)42-11-8-22-66(42)53(78)45(30(3)4)64-48(73)39(26-43(69)70)61-49(74)41-10-7-21-65(41)52(77)40(25-33-27-57-28-58-33)62-46(71)36(56)23-31-12-16-34(67)17-13-31/h12-19,27-30,36-42,44-45,67-68H,5-11,20-26,55-56H2,1-4H3,(H,57,58)(H,59,76)(H,60,75)(H,61,74)(H,62,71)(H,63,72)(H,64,73)(H,69,70)(H,79,80)/t36-,37-,38-,39-,40-,41-,42-,44-,45-/m0/s1. The van der Waals surface area contributed by atoms with E-state index in [1.165, 1.54) is 58.7 Å². The Bertz CT molecular complexity index is 2630. The van der Waals surface area contributed by atoms with Gasteiger partial charge in [0.15, 0.2) is 0 Å². The summed E-state index contributed by atoms with van der Waals surface area (Å²) in [6, 6.07) is 0.159. The number of hydrogen-bond donors (Lipinski definition) is 13. The van der Waals surface area contributed by atoms with Crippen molar-refractivity contribution in [3.05, 3.63) is 77.9 Å². The molecule has 2 aliphatic heterocycles. The molecule has 2 aromatic carbocycles. The summed E-state index contributed by atoms with van der Waals surface area (Å²) >= 11 is 0. The molecule has 0 saturated carbocycles. The molecule has 2 aliphatic rings. The SMILES string of the molecule is CC(C)[C@H](NC(=O)[C@H](Cc1ccc(O)cc1)NC(=O)[C@@H]1CCCN1C(=O)[C@@H](NC(=O)[C@H](CC(=O)O)NC(=O)[C@@H]1CCCN1C(=O)[C@H](Cc1cnc[nH]1)NC(=O)[C@@H](N)Cc1ccc(O)cc1)C(C)C)C(=O)N[C@@H](CCCCN)C(=O)O. The number of aromatic nitrogens is 2. The molecule has 9 atom stereocenters. The molecule has 15 N–H and O–H groups in total. The van der Waals surface area contributed by atoms with Crippen molar-refractivity contribution in [1.82, 2.24) is 51.7 Å². The highest BCUT2D eigenvalue weighted by molar-refractivity contribution is 5.99. The molecule has 8 amide bonds. The van der Waals surface area contributed by atoms with Crippen LogP contribution in [0, 0.1) is 11.8 Å². The van der Waals surface area contributed by atoms with Gasteiger partial charge in [0.05, 0.1) is 18.8 Å². The van der Waals surface area contributed by atoms with Crippen LogP contribution in [0.15, 0.2) is 61.1 Å². The predicted octanol–water partition coefficient (Wildman–Crippen LogP) is -0.933. The van der Waals surface area contributed by atoms with E-state index < -0.39 is 132 Å². The van der Waals surface area contributed by atoms with Crippen molar-refractivity contribution in [2.24, 2.45) is 23.3 Å². The number of nitrogens with two attached hydrogens (primary N) is 2. The number of imidazole rings is 1. The molecule has 1 aromatic heterocycles. The van der Waals surface area contributed by atoms with E-state index >= 15 is 0 Å². The summed E-state index contributed by atoms with van der Waals surface area (Å²) in [5.74, 6) is -10.3. The van der Waals surface area contributed by atoms with Gasteiger partial charge in [0.25, 0.3) is 0 Å². The van der Waals surface area contributed by atoms with Gasteiger partial charge in [-0.05, 0) is 105 Å². The van der Waals surface area contributed by atoms with Gasteiger partial charge in [-0.15, -0.1) is 0 Å². The lowest BCUT2D eigenvalue weighted by molar-refractivity contribution is -0.145. The number of nitrogens with one attached hydrogen (secondary N) is 7. The molecule has 0 spiro atoms. The fourth-order valence-corrected chi connectivity index (χ4v) is 9.62. The molecule has 436 valence electrons. The van der Waals surface area contributed by atoms with Gasteiger partial charge in [-0.2, -0.15) is 0 Å². The molecular weight excluding hydrogens is 1040 g/mol. The minimum atomic E-state index is -1.76. The van der Waals surface area contributed by atoms with Crippen LogP contribution in [-0.2, 0) is 67.2 Å². The van der Waals surface area contributed by atoms with Gasteiger partial charge >= 0.3 is 11.9 Å². The average Bonchev–Trinajstić information content (AvgIpc) is 4.25. The summed E-state index contributed by atoms with van der Waals surface area (Å²) in [6.45, 7) is 6.95. The van der Waals surface area contributed by atoms with Gasteiger partial charge in [-0.3, -0.25) is 43.2 Å². The van der Waals surface area contributed by atoms with Gasteiger partial charge in [0, 0.05) is 37.8 Å². The molecule has 5 rings (SSSR count). The van der Waals surface area contributed by atoms with E-state index in [1.807, 2.05) is 0 Å². The van der Waals surface area contributed by atoms with Crippen molar-refractivity contribution in [2.75, 3.05) is 19.6 Å². The lowest BCUT2D eigenvalue weighted by atomic mass is 9.99. The average molecular weight is 1120 g/mol. The number of benzene rings is 2. The van der Waals surface area contributed by atoms with Crippen molar-refractivity contribution >= 4 is 59.2 Å². The number of nitrogens with zero attached hydrogens (tertiary/aromatic N) is 3. The third-order valence-corrected chi connectivity index (χ3v) is 14.1. The number of unbranched alkanes of at least 4 members (excludes halogenated alkanes) is 1. The number of aliphatic carboxylic acids is 2. The van der Waals surface area contributed by atoms with E-state index in [0.29, 0.717) is 49.0 Å². The van der Waals surface area contributed by atoms with Gasteiger partial charge < -0.3 is 78.6 Å². The molecular formula is C54H76N12O14. The number of aromatic amines is 1. The lowest BCUT2D eigenvalue weighted by Crippen LogP contribution is -2.61. The molecule has 26 heteroatoms. The molecule has 0 bridgehead atoms. The predicted molar refractivity (Wildman–Crippen MR) is 287 cm³/mol. The van der Waals surface area contributed by atoms with Gasteiger partial charge in [-0.1, -0.05) is 52.0 Å². The van der Waals surface area contributed by atoms with Crippen molar-refractivity contribution < 1.29 is 68.4 Å². The fourth-order valence-electron chi connectivity index (χ4n) is 9.62. The largest absolute Gasteiger partial charge is 0.508 e. The van der Waals surface area contributed by atoms with Crippen molar-refractivity contribution in [3.63, 3.8) is 0 Å². The molecule has 2 fully saturated rings. The number of phenolic OH excluding ortho intramolecular Hbond substituents is 2. The number of carbonyl (C=O) groups is 10. The Hall–Kier alpha value is -8.13. The summed E-state index contributed by atoms with van der Waals surface area (Å²) in [5, 5.41) is 55.0. The minimum absolute atomic E-state index is 0.0243. The number of amides is 8. The summed E-state index contributed by atoms with van der Waals surface area (Å²) in [6.07, 6.45) is 3.74. The number of hydrogen-bond acceptors (Lipinski definition) is 15. The van der Waals surface area contributed by atoms with Gasteiger partial charge in [0.2, 0.25) is 47.3 Å². The monoisotopic (exact) mass is 1120 g/mol. The summed E-state index contributed by atoms with van der Waals surface area (Å²) < 4.78 is 0. The third-order valence-electron chi connectivity index (χ3n) is 14.1. The molecule has 3 heterocycles. The van der Waals surface area contributed by atoms with Crippen LogP contribution in [0.3, 0.4) is 0 Å². The highest BCUT2D eigenvalue weighted by atomic mass is 16.4. The molecule has 26 nitrogen and oxygen atoms in total. The smallest absolute Gasteiger partial charge is 0.326 e. The van der Waals surface area contributed by atoms with Gasteiger partial charge in [-0.25, -0.2) is 9.78 Å². The van der Waals surface area contributed by atoms with Gasteiger partial charge in [0.1, 0.15) is 59.8 Å². The second kappa shape index (κ2) is 29.7. The second-order valence-electron chi connectivity index (χ2n) is 20.9. The lowest BCUT2D eigenvalue weighted by Gasteiger charge is -2.33. The zero-order valence-electron chi connectivity index (χ0n) is 45.4. The van der Waals surface area contributed by atoms with Crippen LogP contribution in [0.4, 0.5) is 0 Å². The van der Waals surface area contributed by atoms with E-state index in [-0.39, 0.29) is 63.1 Å². The number of carboxylic acid groups (broad SMARTS) is 2. The number of H-pyrrole nitrogens is 1. The Balaban J connectivity index is 1.29. The first kappa shape index (κ1) is 62.7. The Kier molecular flexibility index (Phi) is 23.3. The Morgan fingerprint density at radius 1 is 0.613 bits per heavy atom. The number of carbonyl (C=O) groups excluding carboxylic acids is 8. The molecule has 3 aromatic rings. The highest BCUT2D eigenvalue weighted by Crippen LogP contribution is 2.24. The first-order valence-corrected chi connectivity index (χ1v) is 26.8. The second-order valence-corrected chi connectivity index (χ2v) is 20.9. The number of rotatable bonds is 29. The zero-order valence-corrected chi connectivity index (χ0v) is 45.4. The van der Waals surface area contributed by atoms with Crippen molar-refractivity contribution in [2.45, 2.75) is 153 Å². The number of carboxylic acids is 2. The van der Waals surface area contributed by atoms with Crippen LogP contribution < -0.4 is 43.4 Å². The molecule has 2 saturated heterocycles. The quantitative estimate of drug-likeness (QED) is 0.0373. The van der Waals surface area contributed by atoms with E-state index in [1.54, 1.807) is 39.8 Å². The van der Waals surface area contributed by atoms with Crippen LogP contribution >= 0.6 is 0 Å². The maximum absolute atomic E-state index is 14.5. The normalized spacial score (nSPS) is 17.8. The van der Waals surface area contributed by atoms with Crippen LogP contribution in [0.2, 0.25) is 0 Å². The van der Waals surface area contributed by atoms with E-state index in [0.717, 1.165) is 0 Å². The summed E-state index contributed by atoms with van der Waals surface area (Å²) in [4.78, 5) is 146. The van der Waals surface area contributed by atoms with E-state index in [9.17, 15) is 68.4 Å². The van der Waals surface area contributed by atoms with E-state index in [4.69, 9.17) is 11.5 Å².